The molecule has 0 atom stereocenters. The van der Waals surface area contributed by atoms with Gasteiger partial charge >= 0.3 is 5.97 Å². The molecule has 25 heavy (non-hydrogen) atoms. The second kappa shape index (κ2) is 10.1. The van der Waals surface area contributed by atoms with E-state index in [-0.39, 0.29) is 12.3 Å². The molecule has 0 radical (unpaired) electrons. The zero-order valence-corrected chi connectivity index (χ0v) is 14.0. The highest BCUT2D eigenvalue weighted by molar-refractivity contribution is 5.94. The Kier molecular flexibility index (Phi) is 7.43. The number of rotatable bonds is 10. The van der Waals surface area contributed by atoms with E-state index in [1.54, 1.807) is 36.7 Å². The van der Waals surface area contributed by atoms with Crippen LogP contribution in [0.1, 0.15) is 41.6 Å². The Hall–Kier alpha value is -2.89. The van der Waals surface area contributed by atoms with Crippen LogP contribution in [0.2, 0.25) is 0 Å². The van der Waals surface area contributed by atoms with Crippen molar-refractivity contribution in [1.29, 1.82) is 0 Å². The molecule has 0 unspecified atom stereocenters. The van der Waals surface area contributed by atoms with Gasteiger partial charge in [-0.25, -0.2) is 0 Å². The maximum absolute atomic E-state index is 12.1. The van der Waals surface area contributed by atoms with Crippen LogP contribution < -0.4 is 10.1 Å². The highest BCUT2D eigenvalue weighted by Crippen LogP contribution is 2.15. The summed E-state index contributed by atoms with van der Waals surface area (Å²) in [6.07, 6.45) is 5.78. The van der Waals surface area contributed by atoms with Gasteiger partial charge in [-0.15, -0.1) is 0 Å². The number of nitrogens with zero attached hydrogens (tertiary/aromatic N) is 1. The van der Waals surface area contributed by atoms with Gasteiger partial charge in [0.25, 0.3) is 5.91 Å². The molecule has 0 bridgehead atoms. The van der Waals surface area contributed by atoms with Crippen LogP contribution in [0.5, 0.6) is 5.75 Å². The lowest BCUT2D eigenvalue weighted by molar-refractivity contribution is -0.137. The summed E-state index contributed by atoms with van der Waals surface area (Å²) in [5.41, 5.74) is 1.49. The summed E-state index contributed by atoms with van der Waals surface area (Å²) in [5, 5.41) is 11.4. The lowest BCUT2D eigenvalue weighted by Crippen LogP contribution is -2.24. The van der Waals surface area contributed by atoms with Crippen molar-refractivity contribution in [3.05, 3.63) is 59.9 Å². The highest BCUT2D eigenvalue weighted by atomic mass is 16.5. The van der Waals surface area contributed by atoms with Crippen LogP contribution in [0, 0.1) is 0 Å². The largest absolute Gasteiger partial charge is 0.489 e. The predicted octanol–water partition coefficient (Wildman–Crippen LogP) is 3.04. The number of unbranched alkanes of at least 4 members (excludes halogenated alkanes) is 2. The minimum Gasteiger partial charge on any atom is -0.489 e. The van der Waals surface area contributed by atoms with E-state index >= 15 is 0 Å². The number of carboxylic acids is 1. The molecule has 0 saturated heterocycles. The fraction of sp³-hybridized carbons (Fsp3) is 0.316. The minimum absolute atomic E-state index is 0.162. The number of hydrogen-bond donors (Lipinski definition) is 2. The third-order valence-corrected chi connectivity index (χ3v) is 3.58. The summed E-state index contributed by atoms with van der Waals surface area (Å²) in [7, 11) is 0. The van der Waals surface area contributed by atoms with Crippen LogP contribution in [-0.4, -0.2) is 28.5 Å². The number of hydrogen-bond acceptors (Lipinski definition) is 4. The van der Waals surface area contributed by atoms with Crippen LogP contribution >= 0.6 is 0 Å². The fourth-order valence-electron chi connectivity index (χ4n) is 2.26. The van der Waals surface area contributed by atoms with E-state index in [9.17, 15) is 9.59 Å². The minimum atomic E-state index is -0.785. The Morgan fingerprint density at radius 2 is 2.00 bits per heavy atom. The molecule has 1 amide bonds. The molecule has 1 aromatic carbocycles. The maximum Gasteiger partial charge on any atom is 0.303 e. The van der Waals surface area contributed by atoms with Gasteiger partial charge in [-0.2, -0.15) is 0 Å². The summed E-state index contributed by atoms with van der Waals surface area (Å²) < 4.78 is 5.69. The summed E-state index contributed by atoms with van der Waals surface area (Å²) in [6.45, 7) is 0.918. The van der Waals surface area contributed by atoms with Crippen molar-refractivity contribution < 1.29 is 19.4 Å². The summed E-state index contributed by atoms with van der Waals surface area (Å²) >= 11 is 0. The number of ether oxygens (including phenoxy) is 1. The van der Waals surface area contributed by atoms with Gasteiger partial charge in [-0.05, 0) is 37.1 Å². The van der Waals surface area contributed by atoms with E-state index in [2.05, 4.69) is 10.3 Å². The third-order valence-electron chi connectivity index (χ3n) is 3.58. The monoisotopic (exact) mass is 342 g/mol. The number of carboxylic acid groups (broad SMARTS) is 1. The molecule has 0 saturated carbocycles. The molecule has 0 aliphatic carbocycles. The Bertz CT molecular complexity index is 689. The molecule has 0 fully saturated rings. The molecule has 2 rings (SSSR count). The number of benzene rings is 1. The van der Waals surface area contributed by atoms with Gasteiger partial charge < -0.3 is 15.2 Å². The summed E-state index contributed by atoms with van der Waals surface area (Å²) in [6, 6.07) is 10.8. The number of carbonyl (C=O) groups is 2. The molecule has 6 heteroatoms. The quantitative estimate of drug-likeness (QED) is 0.648. The van der Waals surface area contributed by atoms with E-state index in [4.69, 9.17) is 9.84 Å². The summed E-state index contributed by atoms with van der Waals surface area (Å²) in [4.78, 5) is 26.6. The average Bonchev–Trinajstić information content (AvgIpc) is 2.63. The van der Waals surface area contributed by atoms with Gasteiger partial charge in [-0.1, -0.05) is 18.6 Å². The summed E-state index contributed by atoms with van der Waals surface area (Å²) in [5.74, 6) is -0.324. The first kappa shape index (κ1) is 18.4. The Morgan fingerprint density at radius 1 is 1.12 bits per heavy atom. The molecule has 0 aliphatic heterocycles. The van der Waals surface area contributed by atoms with Gasteiger partial charge in [0.2, 0.25) is 0 Å². The van der Waals surface area contributed by atoms with Crippen LogP contribution in [0.3, 0.4) is 0 Å². The van der Waals surface area contributed by atoms with Crippen LogP contribution in [0.4, 0.5) is 0 Å². The van der Waals surface area contributed by atoms with Gasteiger partial charge in [0.05, 0.1) is 0 Å². The van der Waals surface area contributed by atoms with Crippen molar-refractivity contribution >= 4 is 11.9 Å². The molecule has 2 aromatic rings. The van der Waals surface area contributed by atoms with E-state index in [0.717, 1.165) is 18.4 Å². The van der Waals surface area contributed by atoms with Crippen LogP contribution in [0.25, 0.3) is 0 Å². The van der Waals surface area contributed by atoms with E-state index in [1.807, 2.05) is 12.1 Å². The maximum atomic E-state index is 12.1. The number of amides is 1. The smallest absolute Gasteiger partial charge is 0.303 e. The van der Waals surface area contributed by atoms with Crippen LogP contribution in [0.15, 0.2) is 48.8 Å². The molecule has 2 N–H and O–H groups in total. The standard InChI is InChI=1S/C19H22N2O4/c22-18(23)9-2-1-3-11-21-19(24)16-7-4-8-17(12-16)25-14-15-6-5-10-20-13-15/h4-8,10,12-13H,1-3,9,11,14H2,(H,21,24)(H,22,23). The molecular weight excluding hydrogens is 320 g/mol. The van der Waals surface area contributed by atoms with Crippen molar-refractivity contribution in [3.8, 4) is 5.75 Å². The average molecular weight is 342 g/mol. The number of carbonyl (C=O) groups excluding carboxylic acids is 1. The number of nitrogens with one attached hydrogen (secondary N) is 1. The van der Waals surface area contributed by atoms with Gasteiger partial charge in [0, 0.05) is 36.5 Å². The van der Waals surface area contributed by atoms with Crippen LogP contribution in [-0.2, 0) is 11.4 Å². The molecule has 1 heterocycles. The third kappa shape index (κ3) is 7.03. The number of aliphatic carboxylic acids is 1. The topological polar surface area (TPSA) is 88.5 Å². The van der Waals surface area contributed by atoms with Crippen molar-refractivity contribution in [3.63, 3.8) is 0 Å². The first-order chi connectivity index (χ1) is 12.1. The molecule has 0 aliphatic rings. The molecule has 132 valence electrons. The van der Waals surface area contributed by atoms with E-state index < -0.39 is 5.97 Å². The van der Waals surface area contributed by atoms with Crippen molar-refractivity contribution in [2.75, 3.05) is 6.54 Å². The second-order valence-electron chi connectivity index (χ2n) is 5.64. The van der Waals surface area contributed by atoms with E-state index in [1.165, 1.54) is 0 Å². The first-order valence-electron chi connectivity index (χ1n) is 8.27. The molecule has 0 spiro atoms. The van der Waals surface area contributed by atoms with Crippen molar-refractivity contribution in [2.45, 2.75) is 32.3 Å². The zero-order chi connectivity index (χ0) is 17.9. The SMILES string of the molecule is O=C(O)CCCCCNC(=O)c1cccc(OCc2cccnc2)c1. The van der Waals surface area contributed by atoms with E-state index in [0.29, 0.717) is 30.9 Å². The Morgan fingerprint density at radius 3 is 2.76 bits per heavy atom. The van der Waals surface area contributed by atoms with Crippen molar-refractivity contribution in [1.82, 2.24) is 10.3 Å². The van der Waals surface area contributed by atoms with Gasteiger partial charge in [0.15, 0.2) is 0 Å². The van der Waals surface area contributed by atoms with Gasteiger partial charge in [-0.3, -0.25) is 14.6 Å². The lowest BCUT2D eigenvalue weighted by atomic mass is 10.1. The Labute approximate surface area is 146 Å². The molecule has 1 aromatic heterocycles. The number of aromatic nitrogens is 1. The highest BCUT2D eigenvalue weighted by Gasteiger charge is 2.06. The van der Waals surface area contributed by atoms with Crippen molar-refractivity contribution in [2.24, 2.45) is 0 Å². The zero-order valence-electron chi connectivity index (χ0n) is 14.0. The lowest BCUT2D eigenvalue weighted by Gasteiger charge is -2.09. The molecular formula is C19H22N2O4. The second-order valence-corrected chi connectivity index (χ2v) is 5.64. The fourth-order valence-corrected chi connectivity index (χ4v) is 2.26. The number of pyridine rings is 1. The Balaban J connectivity index is 1.75. The predicted molar refractivity (Wildman–Crippen MR) is 93.4 cm³/mol. The normalized spacial score (nSPS) is 10.2. The first-order valence-corrected chi connectivity index (χ1v) is 8.27. The molecule has 6 nitrogen and oxygen atoms in total. The van der Waals surface area contributed by atoms with Gasteiger partial charge in [0.1, 0.15) is 12.4 Å².